The van der Waals surface area contributed by atoms with Crippen molar-refractivity contribution in [2.45, 2.75) is 13.0 Å². The maximum atomic E-state index is 4.96. The molecular formula is C13H20Br2N2O. The molecule has 3 nitrogen and oxygen atoms in total. The summed E-state index contributed by atoms with van der Waals surface area (Å²) in [5.41, 5.74) is 1.28. The summed E-state index contributed by atoms with van der Waals surface area (Å²) < 4.78 is 7.18. The number of hydrogen-bond acceptors (Lipinski definition) is 3. The van der Waals surface area contributed by atoms with E-state index in [2.05, 4.69) is 54.6 Å². The fraction of sp³-hybridized carbons (Fsp3) is 0.538. The van der Waals surface area contributed by atoms with Crippen LogP contribution in [0.1, 0.15) is 12.0 Å². The summed E-state index contributed by atoms with van der Waals surface area (Å²) in [5.74, 6) is 0. The number of methoxy groups -OCH3 is 1. The molecule has 0 saturated heterocycles. The second-order valence-corrected chi connectivity index (χ2v) is 5.88. The number of nitrogens with one attached hydrogen (secondary N) is 2. The van der Waals surface area contributed by atoms with E-state index < -0.39 is 0 Å². The molecular weight excluding hydrogens is 360 g/mol. The van der Waals surface area contributed by atoms with Crippen molar-refractivity contribution in [1.82, 2.24) is 10.6 Å². The Hall–Kier alpha value is 0.0600. The normalized spacial score (nSPS) is 10.8. The van der Waals surface area contributed by atoms with Gasteiger partial charge in [0.25, 0.3) is 0 Å². The molecule has 0 saturated carbocycles. The molecule has 5 heteroatoms. The van der Waals surface area contributed by atoms with E-state index in [4.69, 9.17) is 4.74 Å². The Balaban J connectivity index is 2.07. The zero-order chi connectivity index (χ0) is 13.2. The highest BCUT2D eigenvalue weighted by Gasteiger charge is 1.97. The summed E-state index contributed by atoms with van der Waals surface area (Å²) in [4.78, 5) is 0. The van der Waals surface area contributed by atoms with Crippen molar-refractivity contribution in [3.8, 4) is 0 Å². The number of benzene rings is 1. The molecule has 0 unspecified atom stereocenters. The summed E-state index contributed by atoms with van der Waals surface area (Å²) in [5, 5.41) is 6.76. The second-order valence-electron chi connectivity index (χ2n) is 4.05. The van der Waals surface area contributed by atoms with Gasteiger partial charge in [0, 0.05) is 29.1 Å². The van der Waals surface area contributed by atoms with E-state index in [0.717, 1.165) is 48.2 Å². The van der Waals surface area contributed by atoms with Gasteiger partial charge < -0.3 is 15.4 Å². The van der Waals surface area contributed by atoms with Crippen LogP contribution in [0.25, 0.3) is 0 Å². The third-order valence-electron chi connectivity index (χ3n) is 2.44. The largest absolute Gasteiger partial charge is 0.383 e. The quantitative estimate of drug-likeness (QED) is 0.647. The molecule has 0 amide bonds. The highest BCUT2D eigenvalue weighted by molar-refractivity contribution is 9.11. The van der Waals surface area contributed by atoms with E-state index in [0.29, 0.717) is 0 Å². The maximum Gasteiger partial charge on any atom is 0.0587 e. The fourth-order valence-corrected chi connectivity index (χ4v) is 2.97. The predicted octanol–water partition coefficient (Wildman–Crippen LogP) is 2.93. The lowest BCUT2D eigenvalue weighted by Crippen LogP contribution is -2.24. The molecule has 1 aromatic rings. The van der Waals surface area contributed by atoms with Gasteiger partial charge in [0.2, 0.25) is 0 Å². The average Bonchev–Trinajstić information content (AvgIpc) is 2.31. The Labute approximate surface area is 126 Å². The molecule has 1 aromatic carbocycles. The molecule has 0 atom stereocenters. The fourth-order valence-electron chi connectivity index (χ4n) is 1.58. The van der Waals surface area contributed by atoms with Crippen molar-refractivity contribution in [2.75, 3.05) is 33.4 Å². The molecule has 0 aliphatic rings. The first-order valence-electron chi connectivity index (χ1n) is 6.07. The summed E-state index contributed by atoms with van der Waals surface area (Å²) >= 11 is 6.98. The van der Waals surface area contributed by atoms with Crippen LogP contribution < -0.4 is 10.6 Å². The summed E-state index contributed by atoms with van der Waals surface area (Å²) in [6.07, 6.45) is 1.12. The Morgan fingerprint density at radius 1 is 1.00 bits per heavy atom. The Kier molecular flexibility index (Phi) is 8.88. The molecule has 18 heavy (non-hydrogen) atoms. The lowest BCUT2D eigenvalue weighted by atomic mass is 10.2. The van der Waals surface area contributed by atoms with E-state index in [-0.39, 0.29) is 0 Å². The van der Waals surface area contributed by atoms with Crippen LogP contribution in [0.15, 0.2) is 27.1 Å². The molecule has 0 heterocycles. The maximum absolute atomic E-state index is 4.96. The molecule has 0 aromatic heterocycles. The van der Waals surface area contributed by atoms with Crippen molar-refractivity contribution in [3.05, 3.63) is 32.7 Å². The van der Waals surface area contributed by atoms with Crippen LogP contribution in [0.4, 0.5) is 0 Å². The lowest BCUT2D eigenvalue weighted by molar-refractivity contribution is 0.199. The molecule has 0 bridgehead atoms. The zero-order valence-electron chi connectivity index (χ0n) is 10.6. The van der Waals surface area contributed by atoms with E-state index in [1.54, 1.807) is 7.11 Å². The van der Waals surface area contributed by atoms with E-state index in [1.165, 1.54) is 5.56 Å². The molecule has 102 valence electrons. The number of hydrogen-bond donors (Lipinski definition) is 2. The molecule has 0 radical (unpaired) electrons. The Morgan fingerprint density at radius 2 is 1.67 bits per heavy atom. The van der Waals surface area contributed by atoms with Crippen molar-refractivity contribution in [3.63, 3.8) is 0 Å². The van der Waals surface area contributed by atoms with Crippen LogP contribution in [-0.2, 0) is 11.3 Å². The van der Waals surface area contributed by atoms with E-state index in [1.807, 2.05) is 6.07 Å². The SMILES string of the molecule is COCCNCCCNCc1cc(Br)cc(Br)c1. The minimum atomic E-state index is 0.777. The second kappa shape index (κ2) is 9.92. The first-order valence-corrected chi connectivity index (χ1v) is 7.66. The van der Waals surface area contributed by atoms with Gasteiger partial charge in [-0.3, -0.25) is 0 Å². The van der Waals surface area contributed by atoms with Gasteiger partial charge in [0.1, 0.15) is 0 Å². The molecule has 0 fully saturated rings. The minimum Gasteiger partial charge on any atom is -0.383 e. The van der Waals surface area contributed by atoms with Gasteiger partial charge in [0.05, 0.1) is 6.61 Å². The molecule has 0 aliphatic heterocycles. The monoisotopic (exact) mass is 378 g/mol. The number of rotatable bonds is 9. The van der Waals surface area contributed by atoms with Gasteiger partial charge in [-0.2, -0.15) is 0 Å². The summed E-state index contributed by atoms with van der Waals surface area (Å²) in [7, 11) is 1.72. The molecule has 2 N–H and O–H groups in total. The third-order valence-corrected chi connectivity index (χ3v) is 3.36. The highest BCUT2D eigenvalue weighted by atomic mass is 79.9. The van der Waals surface area contributed by atoms with Crippen LogP contribution in [0.5, 0.6) is 0 Å². The van der Waals surface area contributed by atoms with Gasteiger partial charge in [-0.15, -0.1) is 0 Å². The van der Waals surface area contributed by atoms with Gasteiger partial charge in [-0.1, -0.05) is 31.9 Å². The number of ether oxygens (including phenoxy) is 1. The van der Waals surface area contributed by atoms with Crippen molar-refractivity contribution in [1.29, 1.82) is 0 Å². The smallest absolute Gasteiger partial charge is 0.0587 e. The zero-order valence-corrected chi connectivity index (χ0v) is 13.8. The van der Waals surface area contributed by atoms with Crippen molar-refractivity contribution in [2.24, 2.45) is 0 Å². The predicted molar refractivity (Wildman–Crippen MR) is 82.9 cm³/mol. The van der Waals surface area contributed by atoms with Crippen molar-refractivity contribution >= 4 is 31.9 Å². The third kappa shape index (κ3) is 7.48. The van der Waals surface area contributed by atoms with Gasteiger partial charge in [0.15, 0.2) is 0 Å². The Bertz CT molecular complexity index is 328. The van der Waals surface area contributed by atoms with Gasteiger partial charge in [-0.05, 0) is 43.3 Å². The van der Waals surface area contributed by atoms with Crippen LogP contribution in [0, 0.1) is 0 Å². The van der Waals surface area contributed by atoms with Gasteiger partial charge >= 0.3 is 0 Å². The van der Waals surface area contributed by atoms with Crippen LogP contribution in [-0.4, -0.2) is 33.4 Å². The first-order chi connectivity index (χ1) is 8.72. The topological polar surface area (TPSA) is 33.3 Å². The molecule has 1 rings (SSSR count). The van der Waals surface area contributed by atoms with E-state index in [9.17, 15) is 0 Å². The number of halogens is 2. The van der Waals surface area contributed by atoms with Crippen LogP contribution in [0.3, 0.4) is 0 Å². The summed E-state index contributed by atoms with van der Waals surface area (Å²) in [6, 6.07) is 6.31. The first kappa shape index (κ1) is 16.1. The summed E-state index contributed by atoms with van der Waals surface area (Å²) in [6.45, 7) is 4.65. The lowest BCUT2D eigenvalue weighted by Gasteiger charge is -2.07. The van der Waals surface area contributed by atoms with Crippen LogP contribution in [0.2, 0.25) is 0 Å². The standard InChI is InChI=1S/C13H20Br2N2O/c1-18-6-5-16-3-2-4-17-10-11-7-12(14)9-13(15)8-11/h7-9,16-17H,2-6,10H2,1H3. The molecule has 0 aliphatic carbocycles. The van der Waals surface area contributed by atoms with Crippen molar-refractivity contribution < 1.29 is 4.74 Å². The minimum absolute atomic E-state index is 0.777. The highest BCUT2D eigenvalue weighted by Crippen LogP contribution is 2.19. The molecule has 0 spiro atoms. The van der Waals surface area contributed by atoms with Crippen LogP contribution >= 0.6 is 31.9 Å². The van der Waals surface area contributed by atoms with Gasteiger partial charge in [-0.25, -0.2) is 0 Å². The Morgan fingerprint density at radius 3 is 2.33 bits per heavy atom. The van der Waals surface area contributed by atoms with E-state index >= 15 is 0 Å². The average molecular weight is 380 g/mol.